The lowest BCUT2D eigenvalue weighted by molar-refractivity contribution is -0.131. The van der Waals surface area contributed by atoms with Crippen molar-refractivity contribution in [3.05, 3.63) is 29.3 Å². The van der Waals surface area contributed by atoms with Gasteiger partial charge < -0.3 is 10.6 Å². The largest absolute Gasteiger partial charge is 0.326 e. The highest BCUT2D eigenvalue weighted by Gasteiger charge is 2.52. The van der Waals surface area contributed by atoms with Crippen LogP contribution in [0.2, 0.25) is 0 Å². The summed E-state index contributed by atoms with van der Waals surface area (Å²) in [6.07, 6.45) is 3.39. The third-order valence-corrected chi connectivity index (χ3v) is 7.29. The average molecular weight is 431 g/mol. The van der Waals surface area contributed by atoms with E-state index in [0.29, 0.717) is 12.8 Å². The lowest BCUT2D eigenvalue weighted by Gasteiger charge is -2.26. The minimum atomic E-state index is -0.717. The Morgan fingerprint density at radius 2 is 1.93 bits per heavy atom. The standard InChI is InChI=1S/C22H30N4O3S/c1-16-4-5-17(15-25-10-12-30-13-11-25)14-18(16)23-19(27)6-9-26-20(28)22(24-21(26)29)7-2-3-8-22/h4-5,14H,2-3,6-13,15H2,1H3,(H,23,27)(H,24,29). The van der Waals surface area contributed by atoms with Gasteiger partial charge in [-0.15, -0.1) is 0 Å². The summed E-state index contributed by atoms with van der Waals surface area (Å²) in [4.78, 5) is 41.2. The van der Waals surface area contributed by atoms with Crippen molar-refractivity contribution >= 4 is 35.3 Å². The molecule has 2 saturated heterocycles. The van der Waals surface area contributed by atoms with E-state index in [1.807, 2.05) is 30.8 Å². The van der Waals surface area contributed by atoms with Gasteiger partial charge >= 0.3 is 6.03 Å². The molecular weight excluding hydrogens is 400 g/mol. The molecular formula is C22H30N4O3S. The zero-order valence-corrected chi connectivity index (χ0v) is 18.4. The number of carbonyl (C=O) groups is 3. The first kappa shape index (κ1) is 21.2. The van der Waals surface area contributed by atoms with Gasteiger partial charge in [0, 0.05) is 49.8 Å². The van der Waals surface area contributed by atoms with Gasteiger partial charge in [0.15, 0.2) is 0 Å². The number of carbonyl (C=O) groups excluding carboxylic acids is 3. The van der Waals surface area contributed by atoms with Crippen LogP contribution >= 0.6 is 11.8 Å². The van der Waals surface area contributed by atoms with Crippen molar-refractivity contribution in [1.82, 2.24) is 15.1 Å². The molecule has 1 aromatic rings. The molecule has 0 unspecified atom stereocenters. The average Bonchev–Trinajstić information content (AvgIpc) is 3.29. The Bertz CT molecular complexity index is 832. The van der Waals surface area contributed by atoms with Crippen LogP contribution in [0.3, 0.4) is 0 Å². The summed E-state index contributed by atoms with van der Waals surface area (Å²) in [5, 5.41) is 5.83. The molecule has 0 bridgehead atoms. The van der Waals surface area contributed by atoms with E-state index in [1.165, 1.54) is 22.0 Å². The summed E-state index contributed by atoms with van der Waals surface area (Å²) < 4.78 is 0. The van der Waals surface area contributed by atoms with E-state index in [2.05, 4.69) is 21.6 Å². The van der Waals surface area contributed by atoms with Crippen LogP contribution in [-0.2, 0) is 16.1 Å². The van der Waals surface area contributed by atoms with Crippen LogP contribution in [0.25, 0.3) is 0 Å². The van der Waals surface area contributed by atoms with E-state index < -0.39 is 5.54 Å². The Hall–Kier alpha value is -2.06. The number of nitrogens with one attached hydrogen (secondary N) is 2. The molecule has 1 spiro atoms. The molecule has 3 fully saturated rings. The first-order chi connectivity index (χ1) is 14.5. The highest BCUT2D eigenvalue weighted by Crippen LogP contribution is 2.35. The molecule has 8 heteroatoms. The normalized spacial score (nSPS) is 21.3. The second-order valence-electron chi connectivity index (χ2n) is 8.51. The monoisotopic (exact) mass is 430 g/mol. The fraction of sp³-hybridized carbons (Fsp3) is 0.591. The highest BCUT2D eigenvalue weighted by molar-refractivity contribution is 7.99. The van der Waals surface area contributed by atoms with Gasteiger partial charge in [0.05, 0.1) is 0 Å². The highest BCUT2D eigenvalue weighted by atomic mass is 32.2. The molecule has 7 nitrogen and oxygen atoms in total. The SMILES string of the molecule is Cc1ccc(CN2CCSCC2)cc1NC(=O)CCN1C(=O)NC2(CCCC2)C1=O. The molecule has 30 heavy (non-hydrogen) atoms. The van der Waals surface area contributed by atoms with Crippen molar-refractivity contribution in [3.63, 3.8) is 0 Å². The minimum absolute atomic E-state index is 0.0995. The van der Waals surface area contributed by atoms with E-state index in [9.17, 15) is 14.4 Å². The van der Waals surface area contributed by atoms with Gasteiger partial charge in [-0.25, -0.2) is 4.79 Å². The molecule has 0 radical (unpaired) electrons. The lowest BCUT2D eigenvalue weighted by Crippen LogP contribution is -2.44. The van der Waals surface area contributed by atoms with Crippen molar-refractivity contribution in [2.45, 2.75) is 51.1 Å². The van der Waals surface area contributed by atoms with Gasteiger partial charge in [-0.05, 0) is 37.0 Å². The predicted molar refractivity (Wildman–Crippen MR) is 118 cm³/mol. The molecule has 4 rings (SSSR count). The molecule has 3 aliphatic rings. The smallest absolute Gasteiger partial charge is 0.325 e. The van der Waals surface area contributed by atoms with Crippen LogP contribution < -0.4 is 10.6 Å². The Labute approximate surface area is 181 Å². The van der Waals surface area contributed by atoms with Crippen LogP contribution in [-0.4, -0.2) is 64.3 Å². The molecule has 1 aliphatic carbocycles. The van der Waals surface area contributed by atoms with E-state index in [1.54, 1.807) is 0 Å². The lowest BCUT2D eigenvalue weighted by atomic mass is 9.98. The molecule has 2 heterocycles. The minimum Gasteiger partial charge on any atom is -0.326 e. The quantitative estimate of drug-likeness (QED) is 0.678. The summed E-state index contributed by atoms with van der Waals surface area (Å²) >= 11 is 1.99. The maximum absolute atomic E-state index is 12.7. The molecule has 2 aliphatic heterocycles. The van der Waals surface area contributed by atoms with Gasteiger partial charge in [-0.2, -0.15) is 11.8 Å². The van der Waals surface area contributed by atoms with Gasteiger partial charge in [0.1, 0.15) is 5.54 Å². The fourth-order valence-electron chi connectivity index (χ4n) is 4.54. The number of urea groups is 1. The number of amides is 4. The molecule has 0 aromatic heterocycles. The third kappa shape index (κ3) is 4.49. The summed E-state index contributed by atoms with van der Waals surface area (Å²) in [6, 6.07) is 5.81. The number of imide groups is 1. The number of nitrogens with zero attached hydrogens (tertiary/aromatic N) is 2. The third-order valence-electron chi connectivity index (χ3n) is 6.35. The first-order valence-electron chi connectivity index (χ1n) is 10.8. The van der Waals surface area contributed by atoms with Crippen molar-refractivity contribution in [3.8, 4) is 0 Å². The van der Waals surface area contributed by atoms with Gasteiger partial charge in [-0.1, -0.05) is 25.0 Å². The molecule has 162 valence electrons. The number of rotatable bonds is 6. The van der Waals surface area contributed by atoms with Crippen molar-refractivity contribution in [2.75, 3.05) is 36.5 Å². The maximum atomic E-state index is 12.7. The fourth-order valence-corrected chi connectivity index (χ4v) is 5.52. The summed E-state index contributed by atoms with van der Waals surface area (Å²) in [6.45, 7) is 5.15. The molecule has 2 N–H and O–H groups in total. The Balaban J connectivity index is 1.33. The topological polar surface area (TPSA) is 81.8 Å². The first-order valence-corrected chi connectivity index (χ1v) is 12.0. The van der Waals surface area contributed by atoms with E-state index in [-0.39, 0.29) is 30.8 Å². The van der Waals surface area contributed by atoms with Crippen molar-refractivity contribution in [1.29, 1.82) is 0 Å². The zero-order valence-electron chi connectivity index (χ0n) is 17.5. The molecule has 1 aromatic carbocycles. The Morgan fingerprint density at radius 3 is 2.67 bits per heavy atom. The predicted octanol–water partition coefficient (Wildman–Crippen LogP) is 2.74. The van der Waals surface area contributed by atoms with Crippen molar-refractivity contribution < 1.29 is 14.4 Å². The number of anilines is 1. The van der Waals surface area contributed by atoms with Gasteiger partial charge in [0.25, 0.3) is 5.91 Å². The van der Waals surface area contributed by atoms with Gasteiger partial charge in [-0.3, -0.25) is 19.4 Å². The second kappa shape index (κ2) is 8.98. The van der Waals surface area contributed by atoms with E-state index in [4.69, 9.17) is 0 Å². The van der Waals surface area contributed by atoms with Crippen molar-refractivity contribution in [2.24, 2.45) is 0 Å². The molecule has 0 atom stereocenters. The Kier molecular flexibility index (Phi) is 6.34. The second-order valence-corrected chi connectivity index (χ2v) is 9.74. The van der Waals surface area contributed by atoms with Crippen LogP contribution in [0, 0.1) is 6.92 Å². The van der Waals surface area contributed by atoms with Gasteiger partial charge in [0.2, 0.25) is 5.91 Å². The maximum Gasteiger partial charge on any atom is 0.325 e. The molecule has 4 amide bonds. The Morgan fingerprint density at radius 1 is 1.20 bits per heavy atom. The summed E-state index contributed by atoms with van der Waals surface area (Å²) in [7, 11) is 0. The van der Waals surface area contributed by atoms with E-state index >= 15 is 0 Å². The number of hydrogen-bond donors (Lipinski definition) is 2. The molecule has 1 saturated carbocycles. The van der Waals surface area contributed by atoms with Crippen LogP contribution in [0.1, 0.15) is 43.2 Å². The number of aryl methyl sites for hydroxylation is 1. The van der Waals surface area contributed by atoms with E-state index in [0.717, 1.165) is 43.7 Å². The van der Waals surface area contributed by atoms with Crippen LogP contribution in [0.4, 0.5) is 10.5 Å². The van der Waals surface area contributed by atoms with Crippen LogP contribution in [0.15, 0.2) is 18.2 Å². The number of hydrogen-bond acceptors (Lipinski definition) is 5. The summed E-state index contributed by atoms with van der Waals surface area (Å²) in [5.41, 5.74) is 2.26. The zero-order chi connectivity index (χ0) is 21.1. The van der Waals surface area contributed by atoms with Crippen LogP contribution in [0.5, 0.6) is 0 Å². The number of benzene rings is 1. The number of thioether (sulfide) groups is 1. The summed E-state index contributed by atoms with van der Waals surface area (Å²) in [5.74, 6) is 1.98.